The van der Waals surface area contributed by atoms with Crippen LogP contribution in [-0.4, -0.2) is 43.8 Å². The molecule has 8 nitrogen and oxygen atoms in total. The molecule has 0 saturated heterocycles. The van der Waals surface area contributed by atoms with Gasteiger partial charge in [-0.15, -0.1) is 0 Å². The lowest BCUT2D eigenvalue weighted by Crippen LogP contribution is -2.24. The van der Waals surface area contributed by atoms with Gasteiger partial charge in [0.25, 0.3) is 0 Å². The topological polar surface area (TPSA) is 110 Å². The monoisotopic (exact) mass is 326 g/mol. The molecule has 2 unspecified atom stereocenters. The minimum Gasteiger partial charge on any atom is -0.481 e. The third kappa shape index (κ3) is 3.27. The van der Waals surface area contributed by atoms with E-state index in [0.29, 0.717) is 17.9 Å². The molecule has 2 atom stereocenters. The molecule has 3 N–H and O–H groups in total. The molecule has 0 fully saturated rings. The van der Waals surface area contributed by atoms with Crippen molar-refractivity contribution in [2.75, 3.05) is 12.8 Å². The summed E-state index contributed by atoms with van der Waals surface area (Å²) in [6.07, 6.45) is 10.4. The van der Waals surface area contributed by atoms with Crippen LogP contribution in [0.1, 0.15) is 23.5 Å². The number of rotatable bonds is 5. The number of aliphatic carboxylic acids is 1. The maximum Gasteiger partial charge on any atom is 0.312 e. The van der Waals surface area contributed by atoms with Crippen LogP contribution in [0.2, 0.25) is 0 Å². The van der Waals surface area contributed by atoms with Crippen LogP contribution in [0.15, 0.2) is 48.1 Å². The molecule has 1 aliphatic heterocycles. The first kappa shape index (κ1) is 15.7. The summed E-state index contributed by atoms with van der Waals surface area (Å²) >= 11 is 0. The summed E-state index contributed by atoms with van der Waals surface area (Å²) in [4.78, 5) is 26.2. The molecule has 0 amide bonds. The van der Waals surface area contributed by atoms with E-state index in [-0.39, 0.29) is 6.29 Å². The van der Waals surface area contributed by atoms with Crippen molar-refractivity contribution in [1.82, 2.24) is 19.4 Å². The smallest absolute Gasteiger partial charge is 0.312 e. The molecular weight excluding hydrogens is 308 g/mol. The molecule has 1 aliphatic rings. The summed E-state index contributed by atoms with van der Waals surface area (Å²) in [6, 6.07) is 3.43. The van der Waals surface area contributed by atoms with Gasteiger partial charge in [0.2, 0.25) is 6.29 Å². The fourth-order valence-electron chi connectivity index (χ4n) is 2.54. The van der Waals surface area contributed by atoms with Gasteiger partial charge in [-0.25, -0.2) is 15.0 Å². The lowest BCUT2D eigenvalue weighted by Gasteiger charge is -2.25. The number of allylic oxidation sites excluding steroid dienone is 1. The summed E-state index contributed by atoms with van der Waals surface area (Å²) < 4.78 is 1.78. The Morgan fingerprint density at radius 1 is 1.42 bits per heavy atom. The molecule has 0 aliphatic carbocycles. The predicted molar refractivity (Wildman–Crippen MR) is 89.4 cm³/mol. The van der Waals surface area contributed by atoms with Crippen LogP contribution in [0.5, 0.6) is 0 Å². The molecule has 2 aromatic heterocycles. The van der Waals surface area contributed by atoms with Crippen LogP contribution < -0.4 is 5.73 Å². The van der Waals surface area contributed by atoms with E-state index in [1.807, 2.05) is 24.2 Å². The number of carboxylic acids is 1. The number of pyridine rings is 1. The number of nitrogen functional groups attached to an aromatic ring is 1. The number of imidazole rings is 1. The first-order valence-corrected chi connectivity index (χ1v) is 7.43. The van der Waals surface area contributed by atoms with Crippen LogP contribution >= 0.6 is 0 Å². The van der Waals surface area contributed by atoms with E-state index >= 15 is 0 Å². The molecule has 0 aromatic carbocycles. The molecular formula is C16H18N6O2. The van der Waals surface area contributed by atoms with Gasteiger partial charge >= 0.3 is 5.97 Å². The van der Waals surface area contributed by atoms with Crippen molar-refractivity contribution in [2.45, 2.75) is 18.6 Å². The Labute approximate surface area is 139 Å². The van der Waals surface area contributed by atoms with Crippen molar-refractivity contribution >= 4 is 18.0 Å². The number of carboxylic acid groups (broad SMARTS) is 1. The third-order valence-electron chi connectivity index (χ3n) is 3.82. The lowest BCUT2D eigenvalue weighted by molar-refractivity contribution is -0.138. The van der Waals surface area contributed by atoms with Crippen molar-refractivity contribution in [1.29, 1.82) is 0 Å². The highest BCUT2D eigenvalue weighted by Gasteiger charge is 2.24. The maximum absolute atomic E-state index is 11.7. The normalized spacial score (nSPS) is 17.9. The average Bonchev–Trinajstić information content (AvgIpc) is 3.03. The molecule has 0 bridgehead atoms. The Bertz CT molecular complexity index is 780. The number of aromatic nitrogens is 3. The summed E-state index contributed by atoms with van der Waals surface area (Å²) in [5.74, 6) is -1.29. The quantitative estimate of drug-likeness (QED) is 0.856. The SMILES string of the molecule is CN1C=CC=NC1n1cnc(C(Cc2ccc(N)nc2)C(=O)O)c1. The van der Waals surface area contributed by atoms with Gasteiger partial charge in [0.05, 0.1) is 12.0 Å². The van der Waals surface area contributed by atoms with Crippen molar-refractivity contribution < 1.29 is 9.90 Å². The fraction of sp³-hybridized carbons (Fsp3) is 0.250. The van der Waals surface area contributed by atoms with E-state index in [0.717, 1.165) is 5.56 Å². The minimum atomic E-state index is -0.933. The van der Waals surface area contributed by atoms with E-state index < -0.39 is 11.9 Å². The zero-order valence-electron chi connectivity index (χ0n) is 13.1. The molecule has 8 heteroatoms. The molecule has 3 heterocycles. The Morgan fingerprint density at radius 2 is 2.25 bits per heavy atom. The lowest BCUT2D eigenvalue weighted by atomic mass is 9.98. The second-order valence-electron chi connectivity index (χ2n) is 5.58. The van der Waals surface area contributed by atoms with Crippen LogP contribution in [0.4, 0.5) is 5.82 Å². The van der Waals surface area contributed by atoms with Crippen molar-refractivity contribution in [3.8, 4) is 0 Å². The molecule has 0 spiro atoms. The summed E-state index contributed by atoms with van der Waals surface area (Å²) in [5.41, 5.74) is 6.84. The molecule has 0 radical (unpaired) electrons. The standard InChI is InChI=1S/C16H18N6O2/c1-21-6-2-5-18-16(21)22-9-13(20-10-22)12(15(23)24)7-11-3-4-14(17)19-8-11/h2-6,8-10,12,16H,7H2,1H3,(H2,17,19)(H,23,24). The van der Waals surface area contributed by atoms with Crippen LogP contribution in [-0.2, 0) is 11.2 Å². The fourth-order valence-corrected chi connectivity index (χ4v) is 2.54. The molecule has 2 aromatic rings. The predicted octanol–water partition coefficient (Wildman–Crippen LogP) is 1.26. The molecule has 124 valence electrons. The molecule has 0 saturated carbocycles. The minimum absolute atomic E-state index is 0.260. The average molecular weight is 326 g/mol. The second-order valence-corrected chi connectivity index (χ2v) is 5.58. The largest absolute Gasteiger partial charge is 0.481 e. The molecule has 24 heavy (non-hydrogen) atoms. The Kier molecular flexibility index (Phi) is 4.28. The van der Waals surface area contributed by atoms with E-state index in [9.17, 15) is 9.90 Å². The number of nitrogens with zero attached hydrogens (tertiary/aromatic N) is 5. The Morgan fingerprint density at radius 3 is 2.92 bits per heavy atom. The van der Waals surface area contributed by atoms with Gasteiger partial charge < -0.3 is 15.7 Å². The van der Waals surface area contributed by atoms with Gasteiger partial charge in [0.15, 0.2) is 0 Å². The zero-order chi connectivity index (χ0) is 17.1. The van der Waals surface area contributed by atoms with E-state index in [1.165, 1.54) is 0 Å². The van der Waals surface area contributed by atoms with Crippen molar-refractivity contribution in [3.63, 3.8) is 0 Å². The zero-order valence-corrected chi connectivity index (χ0v) is 13.1. The number of hydrogen-bond acceptors (Lipinski definition) is 6. The first-order chi connectivity index (χ1) is 11.5. The number of anilines is 1. The summed E-state index contributed by atoms with van der Waals surface area (Å²) in [6.45, 7) is 0. The van der Waals surface area contributed by atoms with Gasteiger partial charge in [-0.3, -0.25) is 9.36 Å². The van der Waals surface area contributed by atoms with E-state index in [2.05, 4.69) is 15.0 Å². The second kappa shape index (κ2) is 6.53. The highest BCUT2D eigenvalue weighted by atomic mass is 16.4. The Balaban J connectivity index is 1.82. The van der Waals surface area contributed by atoms with Gasteiger partial charge in [0.1, 0.15) is 11.7 Å². The number of carbonyl (C=O) groups is 1. The van der Waals surface area contributed by atoms with Crippen LogP contribution in [0.3, 0.4) is 0 Å². The van der Waals surface area contributed by atoms with E-state index in [1.54, 1.807) is 41.6 Å². The highest BCUT2D eigenvalue weighted by Crippen LogP contribution is 2.23. The number of aliphatic imine (C=N–C) groups is 1. The Hall–Kier alpha value is -3.16. The summed E-state index contributed by atoms with van der Waals surface area (Å²) in [7, 11) is 1.89. The van der Waals surface area contributed by atoms with Gasteiger partial charge in [-0.1, -0.05) is 6.07 Å². The van der Waals surface area contributed by atoms with Crippen LogP contribution in [0, 0.1) is 0 Å². The first-order valence-electron chi connectivity index (χ1n) is 7.43. The highest BCUT2D eigenvalue weighted by molar-refractivity contribution is 5.75. The number of nitrogens with two attached hydrogens (primary N) is 1. The summed E-state index contributed by atoms with van der Waals surface area (Å²) in [5, 5.41) is 9.57. The van der Waals surface area contributed by atoms with Gasteiger partial charge in [-0.2, -0.15) is 0 Å². The van der Waals surface area contributed by atoms with Gasteiger partial charge in [-0.05, 0) is 24.1 Å². The van der Waals surface area contributed by atoms with Crippen LogP contribution in [0.25, 0.3) is 0 Å². The van der Waals surface area contributed by atoms with Gasteiger partial charge in [0, 0.05) is 31.9 Å². The van der Waals surface area contributed by atoms with E-state index in [4.69, 9.17) is 5.73 Å². The van der Waals surface area contributed by atoms with Crippen molar-refractivity contribution in [2.24, 2.45) is 4.99 Å². The van der Waals surface area contributed by atoms with Crippen molar-refractivity contribution in [3.05, 3.63) is 54.4 Å². The number of hydrogen-bond donors (Lipinski definition) is 2. The molecule has 3 rings (SSSR count). The maximum atomic E-state index is 11.7. The third-order valence-corrected chi connectivity index (χ3v) is 3.82.